The zero-order valence-electron chi connectivity index (χ0n) is 15.4. The first-order chi connectivity index (χ1) is 13.8. The number of thioether (sulfide) groups is 1. The van der Waals surface area contributed by atoms with Gasteiger partial charge in [-0.05, 0) is 47.8 Å². The van der Waals surface area contributed by atoms with Gasteiger partial charge in [0.1, 0.15) is 0 Å². The molecular weight excluding hydrogens is 428 g/mol. The van der Waals surface area contributed by atoms with Gasteiger partial charge in [0, 0.05) is 27.3 Å². The molecule has 3 rings (SSSR count). The minimum absolute atomic E-state index is 0.120. The van der Waals surface area contributed by atoms with Gasteiger partial charge in [-0.1, -0.05) is 18.2 Å². The average molecular weight is 447 g/mol. The standard InChI is InChI=1S/C20H18N2O4S3/c1-29(25,26)16-10-8-14(9-11-16)19(23)21-22-20(24)17-6-2-3-7-18(17)28-13-15-5-4-12-27-15/h2-12H,13H2,1H3,(H,21,23)(H,22,24). The fraction of sp³-hybridized carbons (Fsp3) is 0.100. The van der Waals surface area contributed by atoms with E-state index in [1.165, 1.54) is 29.1 Å². The summed E-state index contributed by atoms with van der Waals surface area (Å²) >= 11 is 3.20. The van der Waals surface area contributed by atoms with E-state index in [2.05, 4.69) is 10.9 Å². The number of rotatable bonds is 6. The second-order valence-corrected chi connectivity index (χ2v) is 10.1. The van der Waals surface area contributed by atoms with Gasteiger partial charge >= 0.3 is 0 Å². The fourth-order valence-electron chi connectivity index (χ4n) is 2.43. The molecule has 0 spiro atoms. The molecule has 3 aromatic rings. The van der Waals surface area contributed by atoms with Crippen LogP contribution in [0.4, 0.5) is 0 Å². The number of thiophene rings is 1. The van der Waals surface area contributed by atoms with Gasteiger partial charge < -0.3 is 0 Å². The molecule has 0 aliphatic carbocycles. The monoisotopic (exact) mass is 446 g/mol. The summed E-state index contributed by atoms with van der Waals surface area (Å²) in [7, 11) is -3.34. The lowest BCUT2D eigenvalue weighted by atomic mass is 10.2. The smallest absolute Gasteiger partial charge is 0.267 e. The molecule has 2 amide bonds. The second-order valence-electron chi connectivity index (χ2n) is 6.07. The average Bonchev–Trinajstić information content (AvgIpc) is 3.23. The molecule has 1 heterocycles. The Kier molecular flexibility index (Phi) is 6.73. The van der Waals surface area contributed by atoms with Crippen LogP contribution in [0.15, 0.2) is 75.8 Å². The van der Waals surface area contributed by atoms with E-state index < -0.39 is 21.7 Å². The highest BCUT2D eigenvalue weighted by Gasteiger charge is 2.14. The predicted octanol–water partition coefficient (Wildman–Crippen LogP) is 3.52. The third kappa shape index (κ3) is 5.69. The number of hydrogen-bond donors (Lipinski definition) is 2. The van der Waals surface area contributed by atoms with E-state index in [-0.39, 0.29) is 10.5 Å². The van der Waals surface area contributed by atoms with Crippen LogP contribution in [0.25, 0.3) is 0 Å². The summed E-state index contributed by atoms with van der Waals surface area (Å²) < 4.78 is 23.0. The first-order valence-electron chi connectivity index (χ1n) is 8.49. The largest absolute Gasteiger partial charge is 0.270 e. The minimum atomic E-state index is -3.34. The highest BCUT2D eigenvalue weighted by atomic mass is 32.2. The van der Waals surface area contributed by atoms with Gasteiger partial charge in [0.15, 0.2) is 9.84 Å². The van der Waals surface area contributed by atoms with Crippen molar-refractivity contribution >= 4 is 44.8 Å². The molecule has 0 saturated heterocycles. The van der Waals surface area contributed by atoms with Crippen LogP contribution in [0, 0.1) is 0 Å². The highest BCUT2D eigenvalue weighted by Crippen LogP contribution is 2.27. The van der Waals surface area contributed by atoms with Crippen LogP contribution in [0.1, 0.15) is 25.6 Å². The molecule has 1 aromatic heterocycles. The Morgan fingerprint density at radius 2 is 1.62 bits per heavy atom. The van der Waals surface area contributed by atoms with Gasteiger partial charge in [0.05, 0.1) is 10.5 Å². The Morgan fingerprint density at radius 1 is 0.931 bits per heavy atom. The molecule has 2 N–H and O–H groups in total. The molecule has 0 aliphatic rings. The van der Waals surface area contributed by atoms with E-state index in [4.69, 9.17) is 0 Å². The van der Waals surface area contributed by atoms with Crippen LogP contribution in [-0.2, 0) is 15.6 Å². The fourth-order valence-corrected chi connectivity index (χ4v) is 4.88. The minimum Gasteiger partial charge on any atom is -0.267 e. The zero-order chi connectivity index (χ0) is 20.9. The maximum Gasteiger partial charge on any atom is 0.270 e. The lowest BCUT2D eigenvalue weighted by molar-refractivity contribution is 0.0845. The number of amides is 2. The van der Waals surface area contributed by atoms with Crippen molar-refractivity contribution in [2.24, 2.45) is 0 Å². The van der Waals surface area contributed by atoms with Gasteiger partial charge in [-0.3, -0.25) is 20.4 Å². The molecule has 0 fully saturated rings. The maximum atomic E-state index is 12.5. The van der Waals surface area contributed by atoms with Crippen molar-refractivity contribution in [2.45, 2.75) is 15.5 Å². The highest BCUT2D eigenvalue weighted by molar-refractivity contribution is 7.98. The molecule has 0 bridgehead atoms. The lowest BCUT2D eigenvalue weighted by Gasteiger charge is -2.11. The number of benzene rings is 2. The second kappa shape index (κ2) is 9.25. The normalized spacial score (nSPS) is 11.1. The molecule has 0 atom stereocenters. The zero-order valence-corrected chi connectivity index (χ0v) is 17.9. The summed E-state index contributed by atoms with van der Waals surface area (Å²) in [5.41, 5.74) is 5.46. The Morgan fingerprint density at radius 3 is 2.28 bits per heavy atom. The molecule has 0 saturated carbocycles. The van der Waals surface area contributed by atoms with Crippen LogP contribution >= 0.6 is 23.1 Å². The van der Waals surface area contributed by atoms with E-state index in [1.807, 2.05) is 29.6 Å². The van der Waals surface area contributed by atoms with Crippen LogP contribution < -0.4 is 10.9 Å². The van der Waals surface area contributed by atoms with Crippen molar-refractivity contribution < 1.29 is 18.0 Å². The molecule has 29 heavy (non-hydrogen) atoms. The number of nitrogens with one attached hydrogen (secondary N) is 2. The van der Waals surface area contributed by atoms with Gasteiger partial charge in [-0.2, -0.15) is 0 Å². The van der Waals surface area contributed by atoms with E-state index in [9.17, 15) is 18.0 Å². The molecule has 0 aliphatic heterocycles. The lowest BCUT2D eigenvalue weighted by Crippen LogP contribution is -2.41. The maximum absolute atomic E-state index is 12.5. The van der Waals surface area contributed by atoms with Gasteiger partial charge in [-0.25, -0.2) is 8.42 Å². The topological polar surface area (TPSA) is 92.3 Å². The van der Waals surface area contributed by atoms with E-state index >= 15 is 0 Å². The van der Waals surface area contributed by atoms with Crippen LogP contribution in [-0.4, -0.2) is 26.5 Å². The SMILES string of the molecule is CS(=O)(=O)c1ccc(C(=O)NNC(=O)c2ccccc2SCc2cccs2)cc1. The predicted molar refractivity (Wildman–Crippen MR) is 115 cm³/mol. The summed E-state index contributed by atoms with van der Waals surface area (Å²) in [6, 6.07) is 16.7. The molecule has 150 valence electrons. The molecule has 9 heteroatoms. The van der Waals surface area contributed by atoms with Gasteiger partial charge in [0.25, 0.3) is 11.8 Å². The van der Waals surface area contributed by atoms with Crippen molar-refractivity contribution in [3.63, 3.8) is 0 Å². The summed E-state index contributed by atoms with van der Waals surface area (Å²) in [5, 5.41) is 2.01. The Hall–Kier alpha value is -2.62. The number of hydrazine groups is 1. The Labute approximate surface area is 177 Å². The van der Waals surface area contributed by atoms with Crippen LogP contribution in [0.2, 0.25) is 0 Å². The van der Waals surface area contributed by atoms with E-state index in [0.29, 0.717) is 5.56 Å². The van der Waals surface area contributed by atoms with E-state index in [0.717, 1.165) is 16.9 Å². The summed E-state index contributed by atoms with van der Waals surface area (Å²) in [6.07, 6.45) is 1.09. The van der Waals surface area contributed by atoms with Crippen molar-refractivity contribution in [2.75, 3.05) is 6.26 Å². The molecular formula is C20H18N2O4S3. The van der Waals surface area contributed by atoms with Crippen LogP contribution in [0.5, 0.6) is 0 Å². The van der Waals surface area contributed by atoms with Crippen molar-refractivity contribution in [3.8, 4) is 0 Å². The number of sulfone groups is 1. The third-order valence-electron chi connectivity index (χ3n) is 3.92. The Balaban J connectivity index is 1.62. The van der Waals surface area contributed by atoms with Gasteiger partial charge in [-0.15, -0.1) is 23.1 Å². The molecule has 0 unspecified atom stereocenters. The van der Waals surface area contributed by atoms with E-state index in [1.54, 1.807) is 35.2 Å². The third-order valence-corrected chi connectivity index (χ3v) is 7.23. The molecule has 6 nitrogen and oxygen atoms in total. The Bertz CT molecular complexity index is 1110. The summed E-state index contributed by atoms with van der Waals surface area (Å²) in [5.74, 6) is -0.219. The molecule has 0 radical (unpaired) electrons. The van der Waals surface area contributed by atoms with Crippen molar-refractivity contribution in [3.05, 3.63) is 82.0 Å². The van der Waals surface area contributed by atoms with Crippen molar-refractivity contribution in [1.82, 2.24) is 10.9 Å². The quantitative estimate of drug-likeness (QED) is 0.446. The van der Waals surface area contributed by atoms with Gasteiger partial charge in [0.2, 0.25) is 0 Å². The summed E-state index contributed by atoms with van der Waals surface area (Å²) in [6.45, 7) is 0. The summed E-state index contributed by atoms with van der Waals surface area (Å²) in [4.78, 5) is 26.9. The number of hydrogen-bond acceptors (Lipinski definition) is 6. The number of carbonyl (C=O) groups excluding carboxylic acids is 2. The first-order valence-corrected chi connectivity index (χ1v) is 12.3. The molecule has 2 aromatic carbocycles. The first kappa shape index (κ1) is 21.1. The number of carbonyl (C=O) groups is 2. The van der Waals surface area contributed by atoms with Crippen LogP contribution in [0.3, 0.4) is 0 Å². The van der Waals surface area contributed by atoms with Crippen molar-refractivity contribution in [1.29, 1.82) is 0 Å².